The molecule has 19 heavy (non-hydrogen) atoms. The van der Waals surface area contributed by atoms with Crippen molar-refractivity contribution in [3.63, 3.8) is 0 Å². The van der Waals surface area contributed by atoms with Crippen LogP contribution in [0.25, 0.3) is 0 Å². The zero-order valence-corrected chi connectivity index (χ0v) is 11.5. The zero-order valence-electron chi connectivity index (χ0n) is 11.5. The number of benzene rings is 1. The van der Waals surface area contributed by atoms with Gasteiger partial charge in [0, 0.05) is 30.7 Å². The molecule has 0 spiro atoms. The molecule has 2 N–H and O–H groups in total. The molecule has 1 aliphatic carbocycles. The lowest BCUT2D eigenvalue weighted by molar-refractivity contribution is 0.0338. The maximum absolute atomic E-state index is 6.29. The summed E-state index contributed by atoms with van der Waals surface area (Å²) in [5.74, 6) is 0.958. The van der Waals surface area contributed by atoms with Crippen LogP contribution in [-0.4, -0.2) is 38.3 Å². The Labute approximate surface area is 114 Å². The van der Waals surface area contributed by atoms with E-state index in [0.717, 1.165) is 51.4 Å². The van der Waals surface area contributed by atoms with E-state index in [-0.39, 0.29) is 5.54 Å². The number of morpholine rings is 1. The summed E-state index contributed by atoms with van der Waals surface area (Å²) in [6, 6.07) is 6.38. The third kappa shape index (κ3) is 2.76. The third-order valence-electron chi connectivity index (χ3n) is 4.14. The van der Waals surface area contributed by atoms with Crippen molar-refractivity contribution in [1.82, 2.24) is 4.90 Å². The van der Waals surface area contributed by atoms with Gasteiger partial charge in [-0.25, -0.2) is 0 Å². The van der Waals surface area contributed by atoms with Gasteiger partial charge in [0.15, 0.2) is 0 Å². The van der Waals surface area contributed by atoms with Crippen molar-refractivity contribution in [2.75, 3.05) is 33.4 Å². The number of nitrogens with zero attached hydrogens (tertiary/aromatic N) is 1. The normalized spacial score (nSPS) is 22.2. The molecule has 0 aromatic heterocycles. The molecule has 1 saturated heterocycles. The maximum Gasteiger partial charge on any atom is 0.123 e. The molecule has 1 aromatic rings. The molecule has 1 aromatic carbocycles. The Morgan fingerprint density at radius 1 is 1.32 bits per heavy atom. The van der Waals surface area contributed by atoms with Crippen LogP contribution >= 0.6 is 0 Å². The van der Waals surface area contributed by atoms with Crippen LogP contribution < -0.4 is 10.5 Å². The van der Waals surface area contributed by atoms with E-state index in [1.807, 2.05) is 0 Å². The van der Waals surface area contributed by atoms with Crippen molar-refractivity contribution < 1.29 is 9.47 Å². The van der Waals surface area contributed by atoms with Crippen LogP contribution in [0.3, 0.4) is 0 Å². The predicted molar refractivity (Wildman–Crippen MR) is 74.2 cm³/mol. The van der Waals surface area contributed by atoms with E-state index in [4.69, 9.17) is 15.2 Å². The Bertz CT molecular complexity index is 451. The van der Waals surface area contributed by atoms with E-state index in [9.17, 15) is 0 Å². The summed E-state index contributed by atoms with van der Waals surface area (Å²) in [5.41, 5.74) is 8.69. The van der Waals surface area contributed by atoms with Crippen LogP contribution in [0.2, 0.25) is 0 Å². The minimum Gasteiger partial charge on any atom is -0.496 e. The van der Waals surface area contributed by atoms with Crippen LogP contribution in [0.15, 0.2) is 18.2 Å². The van der Waals surface area contributed by atoms with Gasteiger partial charge in [0.1, 0.15) is 5.75 Å². The van der Waals surface area contributed by atoms with Crippen LogP contribution in [-0.2, 0) is 16.8 Å². The van der Waals surface area contributed by atoms with Gasteiger partial charge in [-0.3, -0.25) is 4.90 Å². The summed E-state index contributed by atoms with van der Waals surface area (Å²) in [7, 11) is 1.73. The molecule has 0 atom stereocenters. The Kier molecular flexibility index (Phi) is 3.48. The van der Waals surface area contributed by atoms with Gasteiger partial charge in [-0.05, 0) is 30.5 Å². The molecular formula is C15H22N2O2. The SMILES string of the molecule is COc1ccc(C2(N)CC2)cc1CN1CCOCC1. The second-order valence-electron chi connectivity index (χ2n) is 5.57. The second-order valence-corrected chi connectivity index (χ2v) is 5.57. The Morgan fingerprint density at radius 2 is 2.05 bits per heavy atom. The highest BCUT2D eigenvalue weighted by molar-refractivity contribution is 5.41. The predicted octanol–water partition coefficient (Wildman–Crippen LogP) is 1.48. The Morgan fingerprint density at radius 3 is 2.68 bits per heavy atom. The van der Waals surface area contributed by atoms with Crippen LogP contribution in [0.5, 0.6) is 5.75 Å². The van der Waals surface area contributed by atoms with Crippen molar-refractivity contribution in [3.05, 3.63) is 29.3 Å². The zero-order chi connectivity index (χ0) is 13.3. The van der Waals surface area contributed by atoms with E-state index in [1.165, 1.54) is 11.1 Å². The number of hydrogen-bond acceptors (Lipinski definition) is 4. The van der Waals surface area contributed by atoms with Gasteiger partial charge in [-0.15, -0.1) is 0 Å². The van der Waals surface area contributed by atoms with Crippen molar-refractivity contribution >= 4 is 0 Å². The highest BCUT2D eigenvalue weighted by Gasteiger charge is 2.40. The summed E-state index contributed by atoms with van der Waals surface area (Å²) in [4.78, 5) is 2.40. The monoisotopic (exact) mass is 262 g/mol. The minimum absolute atomic E-state index is 0.0774. The van der Waals surface area contributed by atoms with E-state index >= 15 is 0 Å². The molecule has 4 nitrogen and oxygen atoms in total. The highest BCUT2D eigenvalue weighted by atomic mass is 16.5. The Balaban J connectivity index is 1.80. The largest absolute Gasteiger partial charge is 0.496 e. The van der Waals surface area contributed by atoms with E-state index < -0.39 is 0 Å². The van der Waals surface area contributed by atoms with E-state index in [1.54, 1.807) is 7.11 Å². The summed E-state index contributed by atoms with van der Waals surface area (Å²) in [5, 5.41) is 0. The first-order valence-corrected chi connectivity index (χ1v) is 6.98. The van der Waals surface area contributed by atoms with Crippen LogP contribution in [0, 0.1) is 0 Å². The maximum atomic E-state index is 6.29. The second kappa shape index (κ2) is 5.12. The number of nitrogens with two attached hydrogens (primary N) is 1. The fraction of sp³-hybridized carbons (Fsp3) is 0.600. The quantitative estimate of drug-likeness (QED) is 0.893. The fourth-order valence-corrected chi connectivity index (χ4v) is 2.64. The standard InChI is InChI=1S/C15H22N2O2/c1-18-14-3-2-13(15(16)4-5-15)10-12(14)11-17-6-8-19-9-7-17/h2-3,10H,4-9,11,16H2,1H3. The van der Waals surface area contributed by atoms with Crippen molar-refractivity contribution in [2.24, 2.45) is 5.73 Å². The molecule has 4 heteroatoms. The third-order valence-corrected chi connectivity index (χ3v) is 4.14. The van der Waals surface area contributed by atoms with Crippen molar-refractivity contribution in [1.29, 1.82) is 0 Å². The summed E-state index contributed by atoms with van der Waals surface area (Å²) < 4.78 is 10.9. The molecule has 1 heterocycles. The number of methoxy groups -OCH3 is 1. The van der Waals surface area contributed by atoms with Gasteiger partial charge in [0.2, 0.25) is 0 Å². The first-order valence-electron chi connectivity index (χ1n) is 6.98. The number of hydrogen-bond donors (Lipinski definition) is 1. The van der Waals surface area contributed by atoms with Gasteiger partial charge in [0.05, 0.1) is 20.3 Å². The number of ether oxygens (including phenoxy) is 2. The average Bonchev–Trinajstić information content (AvgIpc) is 3.19. The molecule has 2 fully saturated rings. The average molecular weight is 262 g/mol. The first kappa shape index (κ1) is 12.9. The van der Waals surface area contributed by atoms with Gasteiger partial charge < -0.3 is 15.2 Å². The molecule has 104 valence electrons. The fourth-order valence-electron chi connectivity index (χ4n) is 2.64. The van der Waals surface area contributed by atoms with E-state index in [2.05, 4.69) is 23.1 Å². The van der Waals surface area contributed by atoms with Crippen molar-refractivity contribution in [2.45, 2.75) is 24.9 Å². The molecule has 2 aliphatic rings. The van der Waals surface area contributed by atoms with E-state index in [0.29, 0.717) is 0 Å². The smallest absolute Gasteiger partial charge is 0.123 e. The molecule has 0 radical (unpaired) electrons. The summed E-state index contributed by atoms with van der Waals surface area (Å²) in [6.07, 6.45) is 2.19. The van der Waals surface area contributed by atoms with Gasteiger partial charge >= 0.3 is 0 Å². The lowest BCUT2D eigenvalue weighted by atomic mass is 10.0. The molecule has 0 unspecified atom stereocenters. The molecular weight excluding hydrogens is 240 g/mol. The minimum atomic E-state index is -0.0774. The van der Waals surface area contributed by atoms with Gasteiger partial charge in [0.25, 0.3) is 0 Å². The van der Waals surface area contributed by atoms with Crippen molar-refractivity contribution in [3.8, 4) is 5.75 Å². The Hall–Kier alpha value is -1.10. The van der Waals surface area contributed by atoms with Crippen LogP contribution in [0.1, 0.15) is 24.0 Å². The molecule has 0 amide bonds. The lowest BCUT2D eigenvalue weighted by Crippen LogP contribution is -2.35. The van der Waals surface area contributed by atoms with Crippen LogP contribution in [0.4, 0.5) is 0 Å². The lowest BCUT2D eigenvalue weighted by Gasteiger charge is -2.27. The summed E-state index contributed by atoms with van der Waals surface area (Å²) in [6.45, 7) is 4.53. The first-order chi connectivity index (χ1) is 9.21. The number of rotatable bonds is 4. The topological polar surface area (TPSA) is 47.7 Å². The summed E-state index contributed by atoms with van der Waals surface area (Å²) >= 11 is 0. The molecule has 0 bridgehead atoms. The van der Waals surface area contributed by atoms with Gasteiger partial charge in [-0.2, -0.15) is 0 Å². The molecule has 1 saturated carbocycles. The molecule has 3 rings (SSSR count). The van der Waals surface area contributed by atoms with Gasteiger partial charge in [-0.1, -0.05) is 6.07 Å². The molecule has 1 aliphatic heterocycles. The highest BCUT2D eigenvalue weighted by Crippen LogP contribution is 2.43.